The van der Waals surface area contributed by atoms with Gasteiger partial charge in [0.1, 0.15) is 5.75 Å². The van der Waals surface area contributed by atoms with E-state index in [9.17, 15) is 4.79 Å². The predicted octanol–water partition coefficient (Wildman–Crippen LogP) is 5.02. The number of hydrogen-bond donors (Lipinski definition) is 1. The minimum atomic E-state index is -0.544. The molecule has 2 aromatic carbocycles. The summed E-state index contributed by atoms with van der Waals surface area (Å²) >= 11 is 0. The number of carbonyl (C=O) groups is 1. The van der Waals surface area contributed by atoms with Crippen LogP contribution in [0.25, 0.3) is 0 Å². The molecule has 0 aromatic heterocycles. The van der Waals surface area contributed by atoms with E-state index in [0.29, 0.717) is 5.92 Å². The first-order valence-electron chi connectivity index (χ1n) is 9.07. The summed E-state index contributed by atoms with van der Waals surface area (Å²) < 4.78 is 5.93. The Morgan fingerprint density at radius 3 is 2.24 bits per heavy atom. The topological polar surface area (TPSA) is 38.3 Å². The normalized spacial score (nSPS) is 13.4. The molecule has 0 fully saturated rings. The van der Waals surface area contributed by atoms with Gasteiger partial charge in [-0.15, -0.1) is 0 Å². The molecule has 0 saturated heterocycles. The minimum absolute atomic E-state index is 0.0511. The Balaban J connectivity index is 2.00. The fraction of sp³-hybridized carbons (Fsp3) is 0.409. The van der Waals surface area contributed by atoms with Crippen LogP contribution in [0.5, 0.6) is 5.75 Å². The molecule has 0 saturated carbocycles. The molecular weight excluding hydrogens is 310 g/mol. The second-order valence-electron chi connectivity index (χ2n) is 6.78. The van der Waals surface area contributed by atoms with E-state index in [1.165, 1.54) is 5.56 Å². The summed E-state index contributed by atoms with van der Waals surface area (Å²) in [6.07, 6.45) is 0.471. The molecule has 0 heterocycles. The van der Waals surface area contributed by atoms with Gasteiger partial charge in [-0.2, -0.15) is 0 Å². The highest BCUT2D eigenvalue weighted by Gasteiger charge is 2.19. The number of para-hydroxylation sites is 1. The highest BCUT2D eigenvalue weighted by atomic mass is 16.5. The van der Waals surface area contributed by atoms with E-state index < -0.39 is 6.10 Å². The zero-order valence-electron chi connectivity index (χ0n) is 15.9. The lowest BCUT2D eigenvalue weighted by Gasteiger charge is -2.21. The van der Waals surface area contributed by atoms with Crippen molar-refractivity contribution < 1.29 is 9.53 Å². The molecule has 134 valence electrons. The quantitative estimate of drug-likeness (QED) is 0.769. The largest absolute Gasteiger partial charge is 0.481 e. The number of benzene rings is 2. The van der Waals surface area contributed by atoms with E-state index >= 15 is 0 Å². The second kappa shape index (κ2) is 8.70. The van der Waals surface area contributed by atoms with Gasteiger partial charge in [0.25, 0.3) is 5.91 Å². The van der Waals surface area contributed by atoms with Crippen LogP contribution in [-0.2, 0) is 11.2 Å². The third kappa shape index (κ3) is 5.09. The molecule has 0 radical (unpaired) electrons. The van der Waals surface area contributed by atoms with Crippen molar-refractivity contribution in [1.82, 2.24) is 5.32 Å². The van der Waals surface area contributed by atoms with E-state index in [-0.39, 0.29) is 11.9 Å². The van der Waals surface area contributed by atoms with Gasteiger partial charge in [-0.05, 0) is 48.9 Å². The number of rotatable bonds is 7. The molecule has 0 aliphatic carbocycles. The second-order valence-corrected chi connectivity index (χ2v) is 6.78. The van der Waals surface area contributed by atoms with Crippen LogP contribution in [0.15, 0.2) is 48.5 Å². The maximum absolute atomic E-state index is 12.5. The summed E-state index contributed by atoms with van der Waals surface area (Å²) in [5.41, 5.74) is 3.51. The van der Waals surface area contributed by atoms with Crippen LogP contribution < -0.4 is 10.1 Å². The van der Waals surface area contributed by atoms with Crippen LogP contribution in [0, 0.1) is 0 Å². The van der Waals surface area contributed by atoms with Crippen LogP contribution in [0.3, 0.4) is 0 Å². The molecular formula is C22H29NO2. The van der Waals surface area contributed by atoms with Gasteiger partial charge in [0.2, 0.25) is 0 Å². The molecule has 2 atom stereocenters. The molecule has 2 aromatic rings. The summed E-state index contributed by atoms with van der Waals surface area (Å²) in [7, 11) is 0. The Hall–Kier alpha value is -2.29. The number of aryl methyl sites for hydroxylation is 1. The van der Waals surface area contributed by atoms with E-state index in [1.54, 1.807) is 6.92 Å². The van der Waals surface area contributed by atoms with Crippen molar-refractivity contribution in [3.63, 3.8) is 0 Å². The van der Waals surface area contributed by atoms with E-state index in [0.717, 1.165) is 23.3 Å². The molecule has 3 nitrogen and oxygen atoms in total. The summed E-state index contributed by atoms with van der Waals surface area (Å²) in [5, 5.41) is 3.04. The van der Waals surface area contributed by atoms with Gasteiger partial charge >= 0.3 is 0 Å². The standard InChI is InChI=1S/C22H29NO2/c1-6-18-11-13-19(14-12-18)16(4)23-22(24)17(5)25-21-10-8-7-9-20(21)15(2)3/h7-17H,6H2,1-5H3,(H,23,24). The smallest absolute Gasteiger partial charge is 0.261 e. The fourth-order valence-corrected chi connectivity index (χ4v) is 2.76. The van der Waals surface area contributed by atoms with Gasteiger partial charge in [0, 0.05) is 0 Å². The minimum Gasteiger partial charge on any atom is -0.481 e. The van der Waals surface area contributed by atoms with Gasteiger partial charge in [0.15, 0.2) is 6.10 Å². The van der Waals surface area contributed by atoms with Gasteiger partial charge in [-0.3, -0.25) is 4.79 Å². The fourth-order valence-electron chi connectivity index (χ4n) is 2.76. The lowest BCUT2D eigenvalue weighted by atomic mass is 10.0. The molecule has 1 N–H and O–H groups in total. The lowest BCUT2D eigenvalue weighted by Crippen LogP contribution is -2.37. The van der Waals surface area contributed by atoms with Crippen molar-refractivity contribution in [3.8, 4) is 5.75 Å². The first-order chi connectivity index (χ1) is 11.9. The Morgan fingerprint density at radius 2 is 1.64 bits per heavy atom. The summed E-state index contributed by atoms with van der Waals surface area (Å²) in [5.74, 6) is 1.02. The molecule has 0 bridgehead atoms. The molecule has 3 heteroatoms. The van der Waals surface area contributed by atoms with E-state index in [4.69, 9.17) is 4.74 Å². The van der Waals surface area contributed by atoms with Crippen molar-refractivity contribution in [3.05, 3.63) is 65.2 Å². The van der Waals surface area contributed by atoms with Crippen LogP contribution >= 0.6 is 0 Å². The maximum atomic E-state index is 12.5. The van der Waals surface area contributed by atoms with Crippen LogP contribution in [0.2, 0.25) is 0 Å². The average Bonchev–Trinajstić information content (AvgIpc) is 2.61. The van der Waals surface area contributed by atoms with E-state index in [1.807, 2.05) is 31.2 Å². The highest BCUT2D eigenvalue weighted by molar-refractivity contribution is 5.81. The zero-order valence-corrected chi connectivity index (χ0v) is 15.9. The molecule has 1 amide bonds. The predicted molar refractivity (Wildman–Crippen MR) is 103 cm³/mol. The lowest BCUT2D eigenvalue weighted by molar-refractivity contribution is -0.127. The summed E-state index contributed by atoms with van der Waals surface area (Å²) in [6.45, 7) is 10.2. The molecule has 0 aliphatic heterocycles. The van der Waals surface area contributed by atoms with Crippen LogP contribution in [0.1, 0.15) is 63.3 Å². The third-order valence-corrected chi connectivity index (χ3v) is 4.46. The zero-order chi connectivity index (χ0) is 18.4. The maximum Gasteiger partial charge on any atom is 0.261 e. The van der Waals surface area contributed by atoms with Crippen molar-refractivity contribution >= 4 is 5.91 Å². The third-order valence-electron chi connectivity index (χ3n) is 4.46. The Kier molecular flexibility index (Phi) is 6.63. The van der Waals surface area contributed by atoms with Gasteiger partial charge in [-0.1, -0.05) is 63.2 Å². The number of hydrogen-bond acceptors (Lipinski definition) is 2. The first-order valence-corrected chi connectivity index (χ1v) is 9.07. The molecule has 0 spiro atoms. The number of nitrogens with one attached hydrogen (secondary N) is 1. The molecule has 25 heavy (non-hydrogen) atoms. The Morgan fingerprint density at radius 1 is 1.00 bits per heavy atom. The van der Waals surface area contributed by atoms with Crippen LogP contribution in [-0.4, -0.2) is 12.0 Å². The van der Waals surface area contributed by atoms with E-state index in [2.05, 4.69) is 50.4 Å². The van der Waals surface area contributed by atoms with Crippen molar-refractivity contribution in [2.24, 2.45) is 0 Å². The number of amides is 1. The SMILES string of the molecule is CCc1ccc(C(C)NC(=O)C(C)Oc2ccccc2C(C)C)cc1. The monoisotopic (exact) mass is 339 g/mol. The summed E-state index contributed by atoms with van der Waals surface area (Å²) in [6, 6.07) is 16.2. The number of ether oxygens (including phenoxy) is 1. The first kappa shape index (κ1) is 19.0. The molecule has 2 rings (SSSR count). The molecule has 0 aliphatic rings. The van der Waals surface area contributed by atoms with Crippen LogP contribution in [0.4, 0.5) is 0 Å². The van der Waals surface area contributed by atoms with Crippen molar-refractivity contribution in [2.45, 2.75) is 59.1 Å². The Bertz CT molecular complexity index is 691. The average molecular weight is 339 g/mol. The summed E-state index contributed by atoms with van der Waals surface area (Å²) in [4.78, 5) is 12.5. The Labute approximate surface area is 151 Å². The number of carbonyl (C=O) groups excluding carboxylic acids is 1. The van der Waals surface area contributed by atoms with Gasteiger partial charge in [0.05, 0.1) is 6.04 Å². The van der Waals surface area contributed by atoms with Gasteiger partial charge in [-0.25, -0.2) is 0 Å². The molecule has 2 unspecified atom stereocenters. The van der Waals surface area contributed by atoms with Crippen molar-refractivity contribution in [1.29, 1.82) is 0 Å². The highest BCUT2D eigenvalue weighted by Crippen LogP contribution is 2.26. The van der Waals surface area contributed by atoms with Gasteiger partial charge < -0.3 is 10.1 Å². The van der Waals surface area contributed by atoms with Crippen molar-refractivity contribution in [2.75, 3.05) is 0 Å².